The molecule has 0 radical (unpaired) electrons. The summed E-state index contributed by atoms with van der Waals surface area (Å²) in [6.07, 6.45) is 4.46. The Morgan fingerprint density at radius 3 is 2.34 bits per heavy atom. The number of aliphatic hydroxyl groups excluding tert-OH is 1. The van der Waals surface area contributed by atoms with Crippen LogP contribution in [-0.4, -0.2) is 82.7 Å². The number of benzene rings is 2. The topological polar surface area (TPSA) is 99.6 Å². The third-order valence-electron chi connectivity index (χ3n) is 10.9. The smallest absolute Gasteiger partial charge is 0.253 e. The van der Waals surface area contributed by atoms with Crippen LogP contribution in [0.2, 0.25) is 0 Å². The molecule has 3 aliphatic rings. The van der Waals surface area contributed by atoms with E-state index in [0.717, 1.165) is 5.56 Å². The van der Waals surface area contributed by atoms with Gasteiger partial charge < -0.3 is 29.3 Å². The number of carbonyl (C=O) groups excluding carboxylic acids is 3. The summed E-state index contributed by atoms with van der Waals surface area (Å²) in [7, 11) is 1.58. The number of hydrogen-bond donors (Lipinski definition) is 1. The normalized spacial score (nSPS) is 28.8. The molecule has 8 atom stereocenters. The molecule has 9 heteroatoms. The van der Waals surface area contributed by atoms with E-state index < -0.39 is 35.1 Å². The molecule has 0 aliphatic carbocycles. The number of hydrogen-bond acceptors (Lipinski definition) is 6. The molecule has 2 aromatic rings. The van der Waals surface area contributed by atoms with Crippen molar-refractivity contribution in [3.8, 4) is 5.75 Å². The molecule has 3 aliphatic heterocycles. The zero-order valence-corrected chi connectivity index (χ0v) is 28.3. The van der Waals surface area contributed by atoms with Gasteiger partial charge in [-0.3, -0.25) is 14.4 Å². The first-order chi connectivity index (χ1) is 22.5. The lowest BCUT2D eigenvalue weighted by molar-refractivity contribution is -0.155. The van der Waals surface area contributed by atoms with E-state index in [-0.39, 0.29) is 42.7 Å². The van der Waals surface area contributed by atoms with Gasteiger partial charge in [-0.1, -0.05) is 69.7 Å². The fourth-order valence-corrected chi connectivity index (χ4v) is 8.25. The number of aliphatic hydroxyl groups is 1. The Morgan fingerprint density at radius 1 is 1.11 bits per heavy atom. The van der Waals surface area contributed by atoms with Gasteiger partial charge in [0.2, 0.25) is 11.8 Å². The summed E-state index contributed by atoms with van der Waals surface area (Å²) in [5, 5.41) is 10.8. The molecule has 3 heterocycles. The third-order valence-corrected chi connectivity index (χ3v) is 10.9. The largest absolute Gasteiger partial charge is 0.497 e. The zero-order valence-electron chi connectivity index (χ0n) is 28.3. The Hall–Kier alpha value is -3.95. The summed E-state index contributed by atoms with van der Waals surface area (Å²) in [5.41, 5.74) is -0.662. The molecule has 0 aromatic heterocycles. The van der Waals surface area contributed by atoms with Gasteiger partial charge in [0.1, 0.15) is 17.4 Å². The minimum atomic E-state index is -1.26. The maximum Gasteiger partial charge on any atom is 0.253 e. The summed E-state index contributed by atoms with van der Waals surface area (Å²) in [4.78, 5) is 49.7. The summed E-state index contributed by atoms with van der Waals surface area (Å²) in [6, 6.07) is 15.2. The molecule has 3 saturated heterocycles. The monoisotopic (exact) mass is 643 g/mol. The fourth-order valence-electron chi connectivity index (χ4n) is 8.25. The van der Waals surface area contributed by atoms with Crippen LogP contribution in [0.1, 0.15) is 46.1 Å². The van der Waals surface area contributed by atoms with Crippen LogP contribution in [0.5, 0.6) is 5.75 Å². The van der Waals surface area contributed by atoms with E-state index in [0.29, 0.717) is 37.4 Å². The van der Waals surface area contributed by atoms with E-state index >= 15 is 4.79 Å². The molecule has 3 unspecified atom stereocenters. The number of ether oxygens (including phenoxy) is 2. The number of methoxy groups -OCH3 is 1. The number of fused-ring (bicyclic) bond motifs is 1. The Morgan fingerprint density at radius 2 is 1.77 bits per heavy atom. The van der Waals surface area contributed by atoms with Crippen LogP contribution in [-0.2, 0) is 25.7 Å². The zero-order chi connectivity index (χ0) is 34.1. The highest BCUT2D eigenvalue weighted by Crippen LogP contribution is 2.66. The van der Waals surface area contributed by atoms with Crippen LogP contribution < -0.4 is 9.64 Å². The number of rotatable bonds is 14. The van der Waals surface area contributed by atoms with Crippen molar-refractivity contribution in [2.75, 3.05) is 31.7 Å². The van der Waals surface area contributed by atoms with Gasteiger partial charge in [-0.25, -0.2) is 0 Å². The van der Waals surface area contributed by atoms with Crippen molar-refractivity contribution in [1.29, 1.82) is 0 Å². The van der Waals surface area contributed by atoms with Crippen molar-refractivity contribution in [2.45, 2.75) is 70.4 Å². The van der Waals surface area contributed by atoms with Crippen LogP contribution in [0, 0.1) is 23.7 Å². The Balaban J connectivity index is 1.64. The summed E-state index contributed by atoms with van der Waals surface area (Å²) in [5.74, 6) is -2.15. The number of anilines is 1. The minimum absolute atomic E-state index is 0.113. The van der Waals surface area contributed by atoms with E-state index in [1.807, 2.05) is 58.0 Å². The van der Waals surface area contributed by atoms with Gasteiger partial charge in [0, 0.05) is 25.3 Å². The van der Waals surface area contributed by atoms with Crippen LogP contribution in [0.25, 0.3) is 0 Å². The van der Waals surface area contributed by atoms with Crippen molar-refractivity contribution in [3.63, 3.8) is 0 Å². The molecular weight excluding hydrogens is 594 g/mol. The van der Waals surface area contributed by atoms with Gasteiger partial charge in [0.25, 0.3) is 5.91 Å². The minimum Gasteiger partial charge on any atom is -0.497 e. The number of carbonyl (C=O) groups is 3. The Labute approximate surface area is 278 Å². The molecule has 0 saturated carbocycles. The lowest BCUT2D eigenvalue weighted by Crippen LogP contribution is -2.60. The average Bonchev–Trinajstić information content (AvgIpc) is 3.60. The summed E-state index contributed by atoms with van der Waals surface area (Å²) >= 11 is 0. The Kier molecular flexibility index (Phi) is 9.99. The molecule has 1 spiro atoms. The number of likely N-dealkylation sites (tertiary alicyclic amines) is 1. The molecule has 2 aromatic carbocycles. The fraction of sp³-hybridized carbons (Fsp3) is 0.500. The maximum atomic E-state index is 15.1. The maximum absolute atomic E-state index is 15.1. The van der Waals surface area contributed by atoms with Crippen LogP contribution in [0.15, 0.2) is 79.9 Å². The highest BCUT2D eigenvalue weighted by Gasteiger charge is 2.80. The van der Waals surface area contributed by atoms with Crippen LogP contribution in [0.4, 0.5) is 5.69 Å². The highest BCUT2D eigenvalue weighted by molar-refractivity contribution is 6.05. The van der Waals surface area contributed by atoms with Crippen molar-refractivity contribution >= 4 is 23.4 Å². The summed E-state index contributed by atoms with van der Waals surface area (Å²) < 4.78 is 12.4. The Bertz CT molecular complexity index is 1480. The van der Waals surface area contributed by atoms with Gasteiger partial charge in [-0.2, -0.15) is 0 Å². The van der Waals surface area contributed by atoms with Gasteiger partial charge in [0.05, 0.1) is 37.2 Å². The molecule has 9 nitrogen and oxygen atoms in total. The van der Waals surface area contributed by atoms with Crippen molar-refractivity contribution in [1.82, 2.24) is 9.80 Å². The molecule has 252 valence electrons. The second-order valence-corrected chi connectivity index (χ2v) is 13.5. The predicted octanol–water partition coefficient (Wildman–Crippen LogP) is 4.85. The van der Waals surface area contributed by atoms with Crippen molar-refractivity contribution in [3.05, 3.63) is 85.5 Å². The lowest BCUT2D eigenvalue weighted by Gasteiger charge is -2.41. The first-order valence-electron chi connectivity index (χ1n) is 16.7. The van der Waals surface area contributed by atoms with Gasteiger partial charge in [-0.15, -0.1) is 13.2 Å². The van der Waals surface area contributed by atoms with Gasteiger partial charge in [0.15, 0.2) is 0 Å². The standard InChI is InChI=1S/C38H49N3O6/c1-8-20-39(23-27-14-12-11-13-15-27)34(43)31-32-35(44)41(30(24-42)25(4)10-3)33(38(32)22-26(5)37(31,6)47-38)36(45)40(21-9-2)28-16-18-29(46-7)19-17-28/h8-9,11-19,25-26,30-33,42H,1-2,10,20-24H2,3-7H3/t25-,26?,30-,31-,32-,33?,37+,38?/m0/s1. The van der Waals surface area contributed by atoms with Crippen LogP contribution in [0.3, 0.4) is 0 Å². The number of nitrogens with zero attached hydrogens (tertiary/aromatic N) is 3. The molecule has 3 amide bonds. The molecule has 2 bridgehead atoms. The summed E-state index contributed by atoms with van der Waals surface area (Å²) in [6.45, 7) is 16.3. The quantitative estimate of drug-likeness (QED) is 0.296. The van der Waals surface area contributed by atoms with Gasteiger partial charge in [-0.05, 0) is 55.0 Å². The molecule has 3 fully saturated rings. The van der Waals surface area contributed by atoms with E-state index in [4.69, 9.17) is 9.47 Å². The van der Waals surface area contributed by atoms with Gasteiger partial charge >= 0.3 is 0 Å². The molecule has 47 heavy (non-hydrogen) atoms. The van der Waals surface area contributed by atoms with E-state index in [9.17, 15) is 14.7 Å². The van der Waals surface area contributed by atoms with E-state index in [1.54, 1.807) is 58.2 Å². The molecular formula is C38H49N3O6. The first kappa shape index (κ1) is 34.4. The SMILES string of the molecule is C=CCN(Cc1ccccc1)C(=O)[C@@H]1[C@H]2C(=O)N([C@@H](CO)[C@@H](C)CC)C(C(=O)N(CC=C)c3ccc(OC)cc3)C23CC(C)[C@@]1(C)O3. The molecule has 5 rings (SSSR count). The highest BCUT2D eigenvalue weighted by atomic mass is 16.5. The second-order valence-electron chi connectivity index (χ2n) is 13.5. The second kappa shape index (κ2) is 13.6. The van der Waals surface area contributed by atoms with E-state index in [1.165, 1.54) is 0 Å². The van der Waals surface area contributed by atoms with Crippen LogP contribution >= 0.6 is 0 Å². The first-order valence-corrected chi connectivity index (χ1v) is 16.7. The predicted molar refractivity (Wildman–Crippen MR) is 182 cm³/mol. The van der Waals surface area contributed by atoms with Crippen molar-refractivity contribution < 1.29 is 29.0 Å². The molecule has 1 N–H and O–H groups in total. The van der Waals surface area contributed by atoms with Crippen molar-refractivity contribution in [2.24, 2.45) is 23.7 Å². The third kappa shape index (κ3) is 5.67. The van der Waals surface area contributed by atoms with E-state index in [2.05, 4.69) is 13.2 Å². The average molecular weight is 644 g/mol. The lowest BCUT2D eigenvalue weighted by atomic mass is 9.62. The number of amides is 3.